The van der Waals surface area contributed by atoms with Gasteiger partial charge < -0.3 is 10.1 Å². The Hall–Kier alpha value is -3.37. The Bertz CT molecular complexity index is 1010. The maximum atomic E-state index is 12.5. The molecule has 1 atom stereocenters. The molecule has 29 heavy (non-hydrogen) atoms. The zero-order valence-electron chi connectivity index (χ0n) is 15.8. The van der Waals surface area contributed by atoms with Gasteiger partial charge in [0, 0.05) is 22.3 Å². The lowest BCUT2D eigenvalue weighted by molar-refractivity contribution is -0.148. The van der Waals surface area contributed by atoms with Crippen LogP contribution in [0.2, 0.25) is 5.02 Å². The highest BCUT2D eigenvalue weighted by molar-refractivity contribution is 6.30. The second-order valence-corrected chi connectivity index (χ2v) is 6.80. The SMILES string of the molecule is C[C@H](OC(=O)/C=C/c1ccc(Cl)cc1)C(=O)Nc1ccccc1-c1ccccc1. The zero-order chi connectivity index (χ0) is 20.6. The van der Waals surface area contributed by atoms with E-state index in [4.69, 9.17) is 16.3 Å². The molecule has 0 aliphatic rings. The van der Waals surface area contributed by atoms with Gasteiger partial charge in [0.2, 0.25) is 0 Å². The van der Waals surface area contributed by atoms with Gasteiger partial charge in [0.1, 0.15) is 0 Å². The van der Waals surface area contributed by atoms with E-state index in [0.29, 0.717) is 10.7 Å². The van der Waals surface area contributed by atoms with E-state index < -0.39 is 18.0 Å². The number of halogens is 1. The van der Waals surface area contributed by atoms with Crippen molar-refractivity contribution in [2.75, 3.05) is 5.32 Å². The van der Waals surface area contributed by atoms with E-state index in [9.17, 15) is 9.59 Å². The standard InChI is InChI=1S/C24H20ClNO3/c1-17(29-23(27)16-13-18-11-14-20(25)15-12-18)24(28)26-22-10-6-5-9-21(22)19-7-3-2-4-8-19/h2-17H,1H3,(H,26,28)/b16-13+/t17-/m0/s1. The average molecular weight is 406 g/mol. The van der Waals surface area contributed by atoms with Gasteiger partial charge >= 0.3 is 5.97 Å². The summed E-state index contributed by atoms with van der Waals surface area (Å²) in [6, 6.07) is 24.2. The molecule has 0 bridgehead atoms. The summed E-state index contributed by atoms with van der Waals surface area (Å²) in [5.74, 6) is -0.999. The zero-order valence-corrected chi connectivity index (χ0v) is 16.6. The van der Waals surface area contributed by atoms with E-state index in [1.54, 1.807) is 30.3 Å². The molecule has 0 heterocycles. The molecule has 3 aromatic rings. The third-order valence-electron chi connectivity index (χ3n) is 4.21. The van der Waals surface area contributed by atoms with Crippen LogP contribution in [-0.2, 0) is 14.3 Å². The number of rotatable bonds is 6. The predicted molar refractivity (Wildman–Crippen MR) is 117 cm³/mol. The largest absolute Gasteiger partial charge is 0.449 e. The summed E-state index contributed by atoms with van der Waals surface area (Å²) in [5.41, 5.74) is 3.34. The van der Waals surface area contributed by atoms with Crippen molar-refractivity contribution in [3.05, 3.63) is 95.5 Å². The Kier molecular flexibility index (Phi) is 6.82. The summed E-state index contributed by atoms with van der Waals surface area (Å²) in [6.07, 6.45) is 1.94. The van der Waals surface area contributed by atoms with Crippen molar-refractivity contribution < 1.29 is 14.3 Å². The van der Waals surface area contributed by atoms with Gasteiger partial charge in [-0.25, -0.2) is 4.79 Å². The second kappa shape index (κ2) is 9.71. The molecule has 0 aromatic heterocycles. The number of hydrogen-bond donors (Lipinski definition) is 1. The van der Waals surface area contributed by atoms with Crippen LogP contribution in [0.5, 0.6) is 0 Å². The van der Waals surface area contributed by atoms with Crippen molar-refractivity contribution in [1.29, 1.82) is 0 Å². The molecule has 0 spiro atoms. The fraction of sp³-hybridized carbons (Fsp3) is 0.0833. The van der Waals surface area contributed by atoms with Gasteiger partial charge in [0.05, 0.1) is 0 Å². The molecule has 146 valence electrons. The van der Waals surface area contributed by atoms with Gasteiger partial charge in [-0.3, -0.25) is 4.79 Å². The third-order valence-corrected chi connectivity index (χ3v) is 4.47. The van der Waals surface area contributed by atoms with Gasteiger partial charge in [-0.15, -0.1) is 0 Å². The van der Waals surface area contributed by atoms with Crippen molar-refractivity contribution in [3.8, 4) is 11.1 Å². The molecule has 0 radical (unpaired) electrons. The monoisotopic (exact) mass is 405 g/mol. The lowest BCUT2D eigenvalue weighted by Gasteiger charge is -2.15. The summed E-state index contributed by atoms with van der Waals surface area (Å²) < 4.78 is 5.21. The smallest absolute Gasteiger partial charge is 0.331 e. The van der Waals surface area contributed by atoms with E-state index in [1.807, 2.05) is 54.6 Å². The Balaban J connectivity index is 1.62. The summed E-state index contributed by atoms with van der Waals surface area (Å²) >= 11 is 5.83. The molecule has 0 fully saturated rings. The number of carbonyl (C=O) groups is 2. The second-order valence-electron chi connectivity index (χ2n) is 6.36. The lowest BCUT2D eigenvalue weighted by Crippen LogP contribution is -2.29. The van der Waals surface area contributed by atoms with Crippen molar-refractivity contribution in [2.45, 2.75) is 13.0 Å². The number of anilines is 1. The highest BCUT2D eigenvalue weighted by Gasteiger charge is 2.18. The number of carbonyl (C=O) groups excluding carboxylic acids is 2. The molecule has 3 rings (SSSR count). The number of ether oxygens (including phenoxy) is 1. The van der Waals surface area contributed by atoms with Crippen molar-refractivity contribution in [3.63, 3.8) is 0 Å². The number of para-hydroxylation sites is 1. The van der Waals surface area contributed by atoms with Gasteiger partial charge in [0.15, 0.2) is 6.10 Å². The number of benzene rings is 3. The molecular weight excluding hydrogens is 386 g/mol. The fourth-order valence-corrected chi connectivity index (χ4v) is 2.83. The van der Waals surface area contributed by atoms with Crippen molar-refractivity contribution >= 4 is 35.2 Å². The first-order valence-electron chi connectivity index (χ1n) is 9.12. The van der Waals surface area contributed by atoms with Crippen LogP contribution >= 0.6 is 11.6 Å². The van der Waals surface area contributed by atoms with Crippen molar-refractivity contribution in [1.82, 2.24) is 0 Å². The summed E-state index contributed by atoms with van der Waals surface area (Å²) in [6.45, 7) is 1.54. The molecule has 4 nitrogen and oxygen atoms in total. The highest BCUT2D eigenvalue weighted by Crippen LogP contribution is 2.27. The molecule has 1 amide bonds. The molecular formula is C24H20ClNO3. The van der Waals surface area contributed by atoms with Gasteiger partial charge in [-0.05, 0) is 42.3 Å². The summed E-state index contributed by atoms with van der Waals surface area (Å²) in [4.78, 5) is 24.5. The minimum Gasteiger partial charge on any atom is -0.449 e. The normalized spacial score (nSPS) is 11.8. The van der Waals surface area contributed by atoms with Gasteiger partial charge in [0.25, 0.3) is 5.91 Å². The minimum atomic E-state index is -0.943. The van der Waals surface area contributed by atoms with E-state index in [-0.39, 0.29) is 0 Å². The summed E-state index contributed by atoms with van der Waals surface area (Å²) in [5, 5.41) is 3.46. The third kappa shape index (κ3) is 5.80. The molecule has 3 aromatic carbocycles. The Morgan fingerprint density at radius 1 is 0.931 bits per heavy atom. The van der Waals surface area contributed by atoms with Crippen molar-refractivity contribution in [2.24, 2.45) is 0 Å². The van der Waals surface area contributed by atoms with Gasteiger partial charge in [-0.2, -0.15) is 0 Å². The lowest BCUT2D eigenvalue weighted by atomic mass is 10.0. The molecule has 0 unspecified atom stereocenters. The van der Waals surface area contributed by atoms with Crippen LogP contribution in [0, 0.1) is 0 Å². The van der Waals surface area contributed by atoms with Crippen LogP contribution in [-0.4, -0.2) is 18.0 Å². The first kappa shape index (κ1) is 20.4. The minimum absolute atomic E-state index is 0.401. The average Bonchev–Trinajstić information content (AvgIpc) is 2.74. The number of nitrogens with one attached hydrogen (secondary N) is 1. The molecule has 0 aliphatic carbocycles. The molecule has 5 heteroatoms. The maximum absolute atomic E-state index is 12.5. The van der Waals surface area contributed by atoms with E-state index in [0.717, 1.165) is 16.7 Å². The Morgan fingerprint density at radius 2 is 1.59 bits per heavy atom. The predicted octanol–water partition coefficient (Wildman–Crippen LogP) is 5.59. The van der Waals surface area contributed by atoms with Crippen LogP contribution in [0.15, 0.2) is 84.9 Å². The highest BCUT2D eigenvalue weighted by atomic mass is 35.5. The topological polar surface area (TPSA) is 55.4 Å². The Morgan fingerprint density at radius 3 is 2.31 bits per heavy atom. The Labute approximate surface area is 174 Å². The van der Waals surface area contributed by atoms with Crippen LogP contribution in [0.25, 0.3) is 17.2 Å². The van der Waals surface area contributed by atoms with E-state index in [2.05, 4.69) is 5.32 Å². The number of hydrogen-bond acceptors (Lipinski definition) is 3. The summed E-state index contributed by atoms with van der Waals surface area (Å²) in [7, 11) is 0. The van der Waals surface area contributed by atoms with Crippen LogP contribution in [0.1, 0.15) is 12.5 Å². The maximum Gasteiger partial charge on any atom is 0.331 e. The fourth-order valence-electron chi connectivity index (χ4n) is 2.70. The first-order chi connectivity index (χ1) is 14.0. The molecule has 0 aliphatic heterocycles. The van der Waals surface area contributed by atoms with Crippen LogP contribution in [0.3, 0.4) is 0 Å². The number of esters is 1. The van der Waals surface area contributed by atoms with Crippen LogP contribution < -0.4 is 5.32 Å². The van der Waals surface area contributed by atoms with Gasteiger partial charge in [-0.1, -0.05) is 72.3 Å². The first-order valence-corrected chi connectivity index (χ1v) is 9.50. The van der Waals surface area contributed by atoms with E-state index in [1.165, 1.54) is 13.0 Å². The number of amides is 1. The van der Waals surface area contributed by atoms with E-state index >= 15 is 0 Å². The van der Waals surface area contributed by atoms with Crippen LogP contribution in [0.4, 0.5) is 5.69 Å². The molecule has 0 saturated heterocycles. The quantitative estimate of drug-likeness (QED) is 0.429. The molecule has 0 saturated carbocycles. The molecule has 1 N–H and O–H groups in total.